The SMILES string of the molecule is CCc1ccc(C(O)c2cc3c(cc2Br)OCCCO3)s1. The van der Waals surface area contributed by atoms with Gasteiger partial charge in [-0.05, 0) is 30.7 Å². The number of ether oxygens (including phenoxy) is 2. The number of hydrogen-bond acceptors (Lipinski definition) is 4. The van der Waals surface area contributed by atoms with Gasteiger partial charge >= 0.3 is 0 Å². The second-order valence-electron chi connectivity index (χ2n) is 4.93. The van der Waals surface area contributed by atoms with Crippen molar-refractivity contribution < 1.29 is 14.6 Å². The molecule has 0 fully saturated rings. The Kier molecular flexibility index (Phi) is 4.52. The van der Waals surface area contributed by atoms with E-state index in [1.54, 1.807) is 11.3 Å². The minimum absolute atomic E-state index is 0.642. The van der Waals surface area contributed by atoms with Crippen LogP contribution in [0.4, 0.5) is 0 Å². The first-order valence-electron chi connectivity index (χ1n) is 7.04. The molecule has 0 radical (unpaired) electrons. The average Bonchev–Trinajstić information content (AvgIpc) is 2.86. The van der Waals surface area contributed by atoms with Crippen LogP contribution in [0.2, 0.25) is 0 Å². The zero-order valence-electron chi connectivity index (χ0n) is 11.8. The topological polar surface area (TPSA) is 38.7 Å². The fourth-order valence-corrected chi connectivity index (χ4v) is 3.79. The lowest BCUT2D eigenvalue weighted by atomic mass is 10.1. The van der Waals surface area contributed by atoms with E-state index in [1.165, 1.54) is 4.88 Å². The first-order chi connectivity index (χ1) is 10.2. The van der Waals surface area contributed by atoms with Crippen LogP contribution < -0.4 is 9.47 Å². The monoisotopic (exact) mass is 368 g/mol. The third kappa shape index (κ3) is 3.10. The predicted octanol–water partition coefficient (Wildman–Crippen LogP) is 4.32. The minimum atomic E-state index is -0.651. The van der Waals surface area contributed by atoms with E-state index in [-0.39, 0.29) is 0 Å². The van der Waals surface area contributed by atoms with E-state index in [2.05, 4.69) is 28.9 Å². The van der Waals surface area contributed by atoms with E-state index < -0.39 is 6.10 Å². The molecule has 3 nitrogen and oxygen atoms in total. The van der Waals surface area contributed by atoms with E-state index in [1.807, 2.05) is 18.2 Å². The molecule has 0 saturated heterocycles. The molecule has 5 heteroatoms. The summed E-state index contributed by atoms with van der Waals surface area (Å²) >= 11 is 5.17. The highest BCUT2D eigenvalue weighted by molar-refractivity contribution is 9.10. The highest BCUT2D eigenvalue weighted by atomic mass is 79.9. The van der Waals surface area contributed by atoms with Crippen molar-refractivity contribution in [3.63, 3.8) is 0 Å². The van der Waals surface area contributed by atoms with E-state index in [9.17, 15) is 5.11 Å². The van der Waals surface area contributed by atoms with E-state index >= 15 is 0 Å². The van der Waals surface area contributed by atoms with Crippen molar-refractivity contribution >= 4 is 27.3 Å². The molecule has 1 aliphatic rings. The highest BCUT2D eigenvalue weighted by Gasteiger charge is 2.20. The molecule has 0 bridgehead atoms. The summed E-state index contributed by atoms with van der Waals surface area (Å²) in [5.41, 5.74) is 0.809. The molecule has 1 aromatic heterocycles. The third-order valence-electron chi connectivity index (χ3n) is 3.46. The summed E-state index contributed by atoms with van der Waals surface area (Å²) in [7, 11) is 0. The second-order valence-corrected chi connectivity index (χ2v) is 6.99. The summed E-state index contributed by atoms with van der Waals surface area (Å²) in [4.78, 5) is 2.22. The fraction of sp³-hybridized carbons (Fsp3) is 0.375. The molecule has 1 aliphatic heterocycles. The quantitative estimate of drug-likeness (QED) is 0.876. The second kappa shape index (κ2) is 6.38. The number of rotatable bonds is 3. The zero-order valence-corrected chi connectivity index (χ0v) is 14.2. The van der Waals surface area contributed by atoms with Crippen LogP contribution in [0, 0.1) is 0 Å². The third-order valence-corrected chi connectivity index (χ3v) is 5.43. The van der Waals surface area contributed by atoms with Gasteiger partial charge in [0.25, 0.3) is 0 Å². The van der Waals surface area contributed by atoms with Crippen LogP contribution in [-0.2, 0) is 6.42 Å². The van der Waals surface area contributed by atoms with Crippen LogP contribution in [0.15, 0.2) is 28.7 Å². The minimum Gasteiger partial charge on any atom is -0.490 e. The molecule has 0 saturated carbocycles. The Morgan fingerprint density at radius 3 is 2.62 bits per heavy atom. The van der Waals surface area contributed by atoms with E-state index in [0.29, 0.717) is 19.0 Å². The number of fused-ring (bicyclic) bond motifs is 1. The summed E-state index contributed by atoms with van der Waals surface area (Å²) in [6.45, 7) is 3.42. The predicted molar refractivity (Wildman–Crippen MR) is 87.5 cm³/mol. The maximum Gasteiger partial charge on any atom is 0.162 e. The van der Waals surface area contributed by atoms with Crippen molar-refractivity contribution in [1.82, 2.24) is 0 Å². The molecular formula is C16H17BrO3S. The van der Waals surface area contributed by atoms with Crippen molar-refractivity contribution in [2.24, 2.45) is 0 Å². The summed E-state index contributed by atoms with van der Waals surface area (Å²) in [6.07, 6.45) is 1.20. The Labute approximate surface area is 136 Å². The molecule has 1 aromatic carbocycles. The molecule has 0 spiro atoms. The molecule has 1 atom stereocenters. The lowest BCUT2D eigenvalue weighted by Crippen LogP contribution is -2.00. The number of hydrogen-bond donors (Lipinski definition) is 1. The first kappa shape index (κ1) is 14.9. The van der Waals surface area contributed by atoms with Crippen molar-refractivity contribution in [2.75, 3.05) is 13.2 Å². The Morgan fingerprint density at radius 1 is 1.24 bits per heavy atom. The molecule has 1 unspecified atom stereocenters. The van der Waals surface area contributed by atoms with Crippen molar-refractivity contribution in [3.8, 4) is 11.5 Å². The number of thiophene rings is 1. The van der Waals surface area contributed by atoms with Crippen molar-refractivity contribution in [2.45, 2.75) is 25.9 Å². The standard InChI is InChI=1S/C16H17BrO3S/c1-2-10-4-5-15(21-10)16(18)11-8-13-14(9-12(11)17)20-7-3-6-19-13/h4-5,8-9,16,18H,2-3,6-7H2,1H3. The normalized spacial score (nSPS) is 15.6. The molecule has 0 aliphatic carbocycles. The smallest absolute Gasteiger partial charge is 0.162 e. The molecule has 2 heterocycles. The molecular weight excluding hydrogens is 352 g/mol. The van der Waals surface area contributed by atoms with Gasteiger partial charge in [0.1, 0.15) is 6.10 Å². The van der Waals surface area contributed by atoms with E-state index in [0.717, 1.165) is 33.5 Å². The number of aliphatic hydroxyl groups is 1. The maximum atomic E-state index is 10.6. The van der Waals surface area contributed by atoms with Gasteiger partial charge in [0, 0.05) is 26.2 Å². The lowest BCUT2D eigenvalue weighted by Gasteiger charge is -2.15. The Balaban J connectivity index is 1.95. The van der Waals surface area contributed by atoms with Crippen molar-refractivity contribution in [3.05, 3.63) is 44.1 Å². The van der Waals surface area contributed by atoms with Gasteiger partial charge in [-0.15, -0.1) is 11.3 Å². The van der Waals surface area contributed by atoms with Gasteiger partial charge in [-0.3, -0.25) is 0 Å². The number of aliphatic hydroxyl groups excluding tert-OH is 1. The van der Waals surface area contributed by atoms with Gasteiger partial charge in [-0.2, -0.15) is 0 Å². The van der Waals surface area contributed by atoms with E-state index in [4.69, 9.17) is 9.47 Å². The number of benzene rings is 1. The van der Waals surface area contributed by atoms with Gasteiger partial charge in [-0.25, -0.2) is 0 Å². The average molecular weight is 369 g/mol. The Hall–Kier alpha value is -1.04. The highest BCUT2D eigenvalue weighted by Crippen LogP contribution is 2.40. The van der Waals surface area contributed by atoms with Gasteiger partial charge < -0.3 is 14.6 Å². The van der Waals surface area contributed by atoms with Crippen LogP contribution in [0.25, 0.3) is 0 Å². The van der Waals surface area contributed by atoms with Crippen molar-refractivity contribution in [1.29, 1.82) is 0 Å². The van der Waals surface area contributed by atoms with Crippen LogP contribution in [-0.4, -0.2) is 18.3 Å². The van der Waals surface area contributed by atoms with Gasteiger partial charge in [-0.1, -0.05) is 22.9 Å². The summed E-state index contributed by atoms with van der Waals surface area (Å²) in [5, 5.41) is 10.6. The summed E-state index contributed by atoms with van der Waals surface area (Å²) < 4.78 is 12.2. The number of halogens is 1. The zero-order chi connectivity index (χ0) is 14.8. The number of aryl methyl sites for hydroxylation is 1. The van der Waals surface area contributed by atoms with Gasteiger partial charge in [0.2, 0.25) is 0 Å². The fourth-order valence-electron chi connectivity index (χ4n) is 2.29. The van der Waals surface area contributed by atoms with Crippen LogP contribution >= 0.6 is 27.3 Å². The van der Waals surface area contributed by atoms with Crippen LogP contribution in [0.3, 0.4) is 0 Å². The molecule has 1 N–H and O–H groups in total. The first-order valence-corrected chi connectivity index (χ1v) is 8.65. The Morgan fingerprint density at radius 2 is 1.95 bits per heavy atom. The van der Waals surface area contributed by atoms with Crippen LogP contribution in [0.1, 0.15) is 34.8 Å². The van der Waals surface area contributed by atoms with Gasteiger partial charge in [0.15, 0.2) is 11.5 Å². The molecule has 3 rings (SSSR count). The van der Waals surface area contributed by atoms with Crippen LogP contribution in [0.5, 0.6) is 11.5 Å². The largest absolute Gasteiger partial charge is 0.490 e. The molecule has 0 amide bonds. The molecule has 112 valence electrons. The lowest BCUT2D eigenvalue weighted by molar-refractivity contribution is 0.222. The van der Waals surface area contributed by atoms with Gasteiger partial charge in [0.05, 0.1) is 13.2 Å². The maximum absolute atomic E-state index is 10.6. The summed E-state index contributed by atoms with van der Waals surface area (Å²) in [5.74, 6) is 1.44. The molecule has 2 aromatic rings. The summed E-state index contributed by atoms with van der Waals surface area (Å²) in [6, 6.07) is 7.82. The molecule has 21 heavy (non-hydrogen) atoms. The Bertz CT molecular complexity index is 638.